The Balaban J connectivity index is 1.59. The number of carbonyl (C=O) groups excluding carboxylic acids is 1. The lowest BCUT2D eigenvalue weighted by molar-refractivity contribution is -0.122. The van der Waals surface area contributed by atoms with Gasteiger partial charge < -0.3 is 24.3 Å². The van der Waals surface area contributed by atoms with Gasteiger partial charge in [-0.15, -0.1) is 0 Å². The van der Waals surface area contributed by atoms with Gasteiger partial charge in [-0.25, -0.2) is 0 Å². The molecule has 0 spiro atoms. The maximum atomic E-state index is 12.0. The first-order chi connectivity index (χ1) is 13.1. The van der Waals surface area contributed by atoms with Crippen molar-refractivity contribution in [3.8, 4) is 23.0 Å². The average molecular weight is 373 g/mol. The van der Waals surface area contributed by atoms with Gasteiger partial charge in [0.05, 0.1) is 26.9 Å². The fourth-order valence-corrected chi connectivity index (χ4v) is 2.38. The zero-order valence-corrected chi connectivity index (χ0v) is 16.1. The molecule has 0 aliphatic rings. The summed E-state index contributed by atoms with van der Waals surface area (Å²) in [5.74, 6) is 3.05. The lowest BCUT2D eigenvalue weighted by Gasteiger charge is -2.15. The van der Waals surface area contributed by atoms with Crippen LogP contribution in [-0.4, -0.2) is 39.4 Å². The van der Waals surface area contributed by atoms with E-state index >= 15 is 0 Å². The van der Waals surface area contributed by atoms with Gasteiger partial charge in [-0.05, 0) is 61.9 Å². The molecule has 1 amide bonds. The van der Waals surface area contributed by atoms with Crippen LogP contribution in [0.2, 0.25) is 0 Å². The van der Waals surface area contributed by atoms with E-state index in [1.165, 1.54) is 0 Å². The molecule has 1 N–H and O–H groups in total. The van der Waals surface area contributed by atoms with E-state index in [1.54, 1.807) is 14.2 Å². The Kier molecular flexibility index (Phi) is 8.29. The van der Waals surface area contributed by atoms with Crippen LogP contribution in [0.3, 0.4) is 0 Å². The molecule has 0 saturated carbocycles. The van der Waals surface area contributed by atoms with Crippen LogP contribution in [0.25, 0.3) is 0 Å². The predicted molar refractivity (Wildman–Crippen MR) is 104 cm³/mol. The van der Waals surface area contributed by atoms with E-state index in [9.17, 15) is 4.79 Å². The predicted octanol–water partition coefficient (Wildman–Crippen LogP) is 3.45. The van der Waals surface area contributed by atoms with Crippen molar-refractivity contribution in [3.63, 3.8) is 0 Å². The van der Waals surface area contributed by atoms with Crippen LogP contribution in [0.5, 0.6) is 23.0 Å². The molecule has 0 radical (unpaired) electrons. The Bertz CT molecular complexity index is 685. The topological polar surface area (TPSA) is 66.0 Å². The van der Waals surface area contributed by atoms with Crippen LogP contribution in [0.4, 0.5) is 0 Å². The number of hydrogen-bond acceptors (Lipinski definition) is 5. The number of nitrogens with one attached hydrogen (secondary N) is 1. The van der Waals surface area contributed by atoms with Crippen LogP contribution >= 0.6 is 0 Å². The van der Waals surface area contributed by atoms with Crippen molar-refractivity contribution in [2.75, 3.05) is 27.4 Å². The standard InChI is InChI=1S/C21H27NO5/c1-16(15-27-20-12-8-18(25-3)9-13-20)22-21(23)5-4-14-26-19-10-6-17(24-2)7-11-19/h6-13,16H,4-5,14-15H2,1-3H3,(H,22,23)/t16-/m1/s1. The molecule has 146 valence electrons. The highest BCUT2D eigenvalue weighted by molar-refractivity contribution is 5.76. The Morgan fingerprint density at radius 1 is 0.852 bits per heavy atom. The number of rotatable bonds is 11. The molecular weight excluding hydrogens is 346 g/mol. The summed E-state index contributed by atoms with van der Waals surface area (Å²) in [6, 6.07) is 14.6. The van der Waals surface area contributed by atoms with Crippen molar-refractivity contribution in [1.29, 1.82) is 0 Å². The van der Waals surface area contributed by atoms with E-state index in [1.807, 2.05) is 55.5 Å². The lowest BCUT2D eigenvalue weighted by Crippen LogP contribution is -2.36. The molecule has 0 aliphatic carbocycles. The number of methoxy groups -OCH3 is 2. The summed E-state index contributed by atoms with van der Waals surface area (Å²) in [7, 11) is 3.24. The van der Waals surface area contributed by atoms with Crippen molar-refractivity contribution < 1.29 is 23.7 Å². The summed E-state index contributed by atoms with van der Waals surface area (Å²) < 4.78 is 21.5. The smallest absolute Gasteiger partial charge is 0.220 e. The molecule has 0 bridgehead atoms. The molecule has 0 aliphatic heterocycles. The molecule has 2 aromatic rings. The van der Waals surface area contributed by atoms with Crippen LogP contribution in [0.1, 0.15) is 19.8 Å². The number of carbonyl (C=O) groups is 1. The molecule has 2 rings (SSSR count). The number of hydrogen-bond donors (Lipinski definition) is 1. The third-order valence-corrected chi connectivity index (χ3v) is 3.84. The number of ether oxygens (including phenoxy) is 4. The maximum absolute atomic E-state index is 12.0. The third kappa shape index (κ3) is 7.48. The quantitative estimate of drug-likeness (QED) is 0.611. The number of benzene rings is 2. The van der Waals surface area contributed by atoms with Crippen LogP contribution in [-0.2, 0) is 4.79 Å². The molecule has 0 heterocycles. The highest BCUT2D eigenvalue weighted by Crippen LogP contribution is 2.18. The molecule has 0 saturated heterocycles. The van der Waals surface area contributed by atoms with Crippen molar-refractivity contribution in [2.45, 2.75) is 25.8 Å². The van der Waals surface area contributed by atoms with Gasteiger partial charge in [-0.3, -0.25) is 4.79 Å². The molecule has 1 atom stereocenters. The zero-order chi connectivity index (χ0) is 19.5. The monoisotopic (exact) mass is 373 g/mol. The van der Waals surface area contributed by atoms with E-state index < -0.39 is 0 Å². The van der Waals surface area contributed by atoms with Crippen molar-refractivity contribution in [3.05, 3.63) is 48.5 Å². The summed E-state index contributed by atoms with van der Waals surface area (Å²) in [6.07, 6.45) is 1.05. The fraction of sp³-hybridized carbons (Fsp3) is 0.381. The highest BCUT2D eigenvalue weighted by atomic mass is 16.5. The minimum Gasteiger partial charge on any atom is -0.497 e. The van der Waals surface area contributed by atoms with Crippen LogP contribution in [0, 0.1) is 0 Å². The molecule has 27 heavy (non-hydrogen) atoms. The first-order valence-corrected chi connectivity index (χ1v) is 8.94. The van der Waals surface area contributed by atoms with Crippen LogP contribution in [0.15, 0.2) is 48.5 Å². The summed E-state index contributed by atoms with van der Waals surface area (Å²) in [4.78, 5) is 12.0. The van der Waals surface area contributed by atoms with Crippen molar-refractivity contribution >= 4 is 5.91 Å². The van der Waals surface area contributed by atoms with Gasteiger partial charge in [0.15, 0.2) is 0 Å². The fourth-order valence-electron chi connectivity index (χ4n) is 2.38. The summed E-state index contributed by atoms with van der Waals surface area (Å²) in [5, 5.41) is 2.93. The van der Waals surface area contributed by atoms with Gasteiger partial charge in [0.2, 0.25) is 5.91 Å². The Morgan fingerprint density at radius 3 is 1.85 bits per heavy atom. The maximum Gasteiger partial charge on any atom is 0.220 e. The molecule has 0 fully saturated rings. The second-order valence-electron chi connectivity index (χ2n) is 6.08. The molecule has 6 nitrogen and oxygen atoms in total. The van der Waals surface area contributed by atoms with E-state index in [-0.39, 0.29) is 11.9 Å². The molecular formula is C21H27NO5. The Hall–Kier alpha value is -2.89. The third-order valence-electron chi connectivity index (χ3n) is 3.84. The van der Waals surface area contributed by atoms with Gasteiger partial charge in [0.25, 0.3) is 0 Å². The van der Waals surface area contributed by atoms with Gasteiger partial charge in [-0.1, -0.05) is 0 Å². The minimum absolute atomic E-state index is 0.0147. The minimum atomic E-state index is -0.0814. The van der Waals surface area contributed by atoms with Crippen molar-refractivity contribution in [2.24, 2.45) is 0 Å². The molecule has 6 heteroatoms. The van der Waals surface area contributed by atoms with E-state index in [0.29, 0.717) is 26.1 Å². The molecule has 0 unspecified atom stereocenters. The lowest BCUT2D eigenvalue weighted by atomic mass is 10.2. The highest BCUT2D eigenvalue weighted by Gasteiger charge is 2.08. The van der Waals surface area contributed by atoms with Gasteiger partial charge in [0, 0.05) is 6.42 Å². The Morgan fingerprint density at radius 2 is 1.33 bits per heavy atom. The largest absolute Gasteiger partial charge is 0.497 e. The first-order valence-electron chi connectivity index (χ1n) is 8.94. The van der Waals surface area contributed by atoms with Crippen LogP contribution < -0.4 is 24.3 Å². The van der Waals surface area contributed by atoms with E-state index in [0.717, 1.165) is 23.0 Å². The second kappa shape index (κ2) is 11.0. The SMILES string of the molecule is COc1ccc(OCCCC(=O)N[C@H](C)COc2ccc(OC)cc2)cc1. The summed E-state index contributed by atoms with van der Waals surface area (Å²) in [6.45, 7) is 2.80. The van der Waals surface area contributed by atoms with E-state index in [4.69, 9.17) is 18.9 Å². The van der Waals surface area contributed by atoms with Gasteiger partial charge >= 0.3 is 0 Å². The van der Waals surface area contributed by atoms with Gasteiger partial charge in [0.1, 0.15) is 29.6 Å². The first kappa shape index (κ1) is 20.4. The van der Waals surface area contributed by atoms with Crippen molar-refractivity contribution in [1.82, 2.24) is 5.32 Å². The summed E-state index contributed by atoms with van der Waals surface area (Å²) >= 11 is 0. The average Bonchev–Trinajstić information content (AvgIpc) is 2.70. The molecule has 2 aromatic carbocycles. The number of amides is 1. The van der Waals surface area contributed by atoms with Gasteiger partial charge in [-0.2, -0.15) is 0 Å². The summed E-state index contributed by atoms with van der Waals surface area (Å²) in [5.41, 5.74) is 0. The Labute approximate surface area is 160 Å². The normalized spacial score (nSPS) is 11.4. The van der Waals surface area contributed by atoms with E-state index in [2.05, 4.69) is 5.32 Å². The zero-order valence-electron chi connectivity index (χ0n) is 16.1. The molecule has 0 aromatic heterocycles. The second-order valence-corrected chi connectivity index (χ2v) is 6.08.